The Hall–Kier alpha value is -2.73. The summed E-state index contributed by atoms with van der Waals surface area (Å²) in [5.74, 6) is -0.681. The second kappa shape index (κ2) is 32.3. The zero-order chi connectivity index (χ0) is 50.2. The molecule has 68 heavy (non-hydrogen) atoms. The molecule has 0 radical (unpaired) electrons. The van der Waals surface area contributed by atoms with E-state index in [9.17, 15) is 60.3 Å². The Morgan fingerprint density at radius 2 is 0.721 bits per heavy atom. The highest BCUT2D eigenvalue weighted by Gasteiger charge is 2.47. The Labute approximate surface area is 397 Å². The molecule has 3 aliphatic heterocycles. The normalized spacial score (nSPS) is 31.8. The standard InChI is InChI=1S/C44H79N3O21/c1-25(62-16-10-7-13-19-65-44-35(47-28(4)53)41(59)38(56)32(22-50)68-44)29(23-60-14-8-5-11-17-63-42-33(45-26(2)51)39(57)36(54)30(20-48)66-42)24-61-15-9-6-12-18-64-43-34(46-27(3)52)40(58)37(55)31(21-49)67-43/h30-44,48-50,54-59H,5-24H2,1-4H3,(H,45,51)(H,46,52)(H,47,53). The Balaban J connectivity index is 1.45. The molecule has 12 N–H and O–H groups in total. The van der Waals surface area contributed by atoms with Crippen LogP contribution in [0.2, 0.25) is 0 Å². The summed E-state index contributed by atoms with van der Waals surface area (Å²) >= 11 is 0. The van der Waals surface area contributed by atoms with E-state index < -0.39 is 129 Å². The lowest BCUT2D eigenvalue weighted by Crippen LogP contribution is -2.64. The molecule has 0 aromatic heterocycles. The minimum atomic E-state index is -1.40. The highest BCUT2D eigenvalue weighted by molar-refractivity contribution is 5.74. The van der Waals surface area contributed by atoms with E-state index in [0.717, 1.165) is 5.57 Å². The van der Waals surface area contributed by atoms with E-state index in [1.807, 2.05) is 6.92 Å². The fourth-order valence-corrected chi connectivity index (χ4v) is 7.75. The first-order chi connectivity index (χ1) is 32.5. The largest absolute Gasteiger partial charge is 0.498 e. The monoisotopic (exact) mass is 986 g/mol. The minimum absolute atomic E-state index is 0.217. The first-order valence-corrected chi connectivity index (χ1v) is 23.5. The number of nitrogens with one attached hydrogen (secondary N) is 3. The van der Waals surface area contributed by atoms with Gasteiger partial charge in [-0.15, -0.1) is 0 Å². The number of hydrogen-bond acceptors (Lipinski definition) is 21. The number of rotatable bonds is 32. The minimum Gasteiger partial charge on any atom is -0.498 e. The first-order valence-electron chi connectivity index (χ1n) is 23.5. The van der Waals surface area contributed by atoms with E-state index in [-0.39, 0.29) is 33.0 Å². The molecule has 3 amide bonds. The fourth-order valence-electron chi connectivity index (χ4n) is 7.75. The van der Waals surface area contributed by atoms with Gasteiger partial charge in [0, 0.05) is 59.4 Å². The maximum atomic E-state index is 11.7. The summed E-state index contributed by atoms with van der Waals surface area (Å²) in [5, 5.41) is 98.4. The van der Waals surface area contributed by atoms with Crippen LogP contribution in [0.3, 0.4) is 0 Å². The summed E-state index contributed by atoms with van der Waals surface area (Å²) < 4.78 is 52.3. The van der Waals surface area contributed by atoms with Crippen LogP contribution in [0, 0.1) is 0 Å². The number of unbranched alkanes of at least 4 members (excludes halogenated alkanes) is 6. The van der Waals surface area contributed by atoms with Gasteiger partial charge < -0.3 is 105 Å². The van der Waals surface area contributed by atoms with Crippen molar-refractivity contribution in [1.82, 2.24) is 16.0 Å². The summed E-state index contributed by atoms with van der Waals surface area (Å²) in [6, 6.07) is -3.06. The van der Waals surface area contributed by atoms with Gasteiger partial charge in [0.1, 0.15) is 73.1 Å². The van der Waals surface area contributed by atoms with Crippen molar-refractivity contribution in [1.29, 1.82) is 0 Å². The molecule has 15 unspecified atom stereocenters. The van der Waals surface area contributed by atoms with Crippen molar-refractivity contribution < 1.29 is 103 Å². The van der Waals surface area contributed by atoms with Gasteiger partial charge >= 0.3 is 0 Å². The van der Waals surface area contributed by atoms with Gasteiger partial charge in [-0.25, -0.2) is 0 Å². The Morgan fingerprint density at radius 1 is 0.426 bits per heavy atom. The van der Waals surface area contributed by atoms with Gasteiger partial charge in [-0.05, 0) is 64.7 Å². The van der Waals surface area contributed by atoms with Gasteiger partial charge in [-0.2, -0.15) is 0 Å². The van der Waals surface area contributed by atoms with Crippen LogP contribution < -0.4 is 16.0 Å². The predicted octanol–water partition coefficient (Wildman–Crippen LogP) is -3.30. The van der Waals surface area contributed by atoms with Crippen molar-refractivity contribution in [3.63, 3.8) is 0 Å². The van der Waals surface area contributed by atoms with Crippen LogP contribution in [0.25, 0.3) is 0 Å². The summed E-state index contributed by atoms with van der Waals surface area (Å²) in [5.41, 5.74) is 0.799. The van der Waals surface area contributed by atoms with E-state index >= 15 is 0 Å². The Kier molecular flexibility index (Phi) is 28.3. The van der Waals surface area contributed by atoms with E-state index in [1.54, 1.807) is 0 Å². The second-order valence-corrected chi connectivity index (χ2v) is 17.2. The number of carbonyl (C=O) groups is 3. The van der Waals surface area contributed by atoms with Crippen LogP contribution in [0.1, 0.15) is 85.5 Å². The molecule has 0 saturated carbocycles. The summed E-state index contributed by atoms with van der Waals surface area (Å²) in [6.45, 7) is 6.35. The van der Waals surface area contributed by atoms with Crippen molar-refractivity contribution in [2.24, 2.45) is 0 Å². The number of aliphatic hydroxyl groups excluding tert-OH is 9. The average Bonchev–Trinajstić information content (AvgIpc) is 3.30. The van der Waals surface area contributed by atoms with Crippen molar-refractivity contribution in [2.75, 3.05) is 72.7 Å². The second-order valence-electron chi connectivity index (χ2n) is 17.2. The maximum absolute atomic E-state index is 11.7. The number of hydrogen-bond donors (Lipinski definition) is 12. The number of amides is 3. The van der Waals surface area contributed by atoms with Crippen molar-refractivity contribution in [3.8, 4) is 0 Å². The van der Waals surface area contributed by atoms with Crippen LogP contribution in [-0.4, -0.2) is 228 Å². The van der Waals surface area contributed by atoms with E-state index in [0.29, 0.717) is 83.4 Å². The fraction of sp³-hybridized carbons (Fsp3) is 0.886. The SMILES string of the molecule is CC(=O)NC1C(OCCCCCOCC(COCCCCCOC2OC(CO)C(O)C(O)C2NC(C)=O)=C(C)OCCCCCOC2OC(CO)C(O)C(O)C2NC(C)=O)OC(CO)C(O)C1O. The van der Waals surface area contributed by atoms with Crippen LogP contribution in [0.4, 0.5) is 0 Å². The lowest BCUT2D eigenvalue weighted by atomic mass is 9.97. The molecule has 396 valence electrons. The van der Waals surface area contributed by atoms with Crippen LogP contribution >= 0.6 is 0 Å². The lowest BCUT2D eigenvalue weighted by molar-refractivity contribution is -0.270. The average molecular weight is 986 g/mol. The molecule has 15 atom stereocenters. The van der Waals surface area contributed by atoms with Gasteiger partial charge in [0.2, 0.25) is 17.7 Å². The smallest absolute Gasteiger partial charge is 0.217 e. The van der Waals surface area contributed by atoms with Gasteiger partial charge in [0.25, 0.3) is 0 Å². The highest BCUT2D eigenvalue weighted by atomic mass is 16.7. The first kappa shape index (κ1) is 59.6. The molecule has 3 heterocycles. The third-order valence-corrected chi connectivity index (χ3v) is 11.6. The molecule has 0 aromatic rings. The van der Waals surface area contributed by atoms with Gasteiger partial charge in [0.15, 0.2) is 18.9 Å². The molecule has 0 spiro atoms. The van der Waals surface area contributed by atoms with Crippen molar-refractivity contribution in [2.45, 2.75) is 177 Å². The number of aliphatic hydroxyl groups is 9. The molecule has 0 aromatic carbocycles. The number of ether oxygens (including phenoxy) is 9. The van der Waals surface area contributed by atoms with E-state index in [2.05, 4.69) is 16.0 Å². The molecule has 0 bridgehead atoms. The quantitative estimate of drug-likeness (QED) is 0.0232. The molecule has 3 aliphatic rings. The predicted molar refractivity (Wildman–Crippen MR) is 236 cm³/mol. The van der Waals surface area contributed by atoms with Crippen molar-refractivity contribution >= 4 is 17.7 Å². The number of carbonyl (C=O) groups excluding carboxylic acids is 3. The third kappa shape index (κ3) is 19.8. The number of allylic oxidation sites excluding steroid dienone is 1. The maximum Gasteiger partial charge on any atom is 0.217 e. The third-order valence-electron chi connectivity index (χ3n) is 11.6. The van der Waals surface area contributed by atoms with Crippen LogP contribution in [0.15, 0.2) is 11.3 Å². The lowest BCUT2D eigenvalue weighted by Gasteiger charge is -2.42. The van der Waals surface area contributed by atoms with Gasteiger partial charge in [-0.1, -0.05) is 0 Å². The summed E-state index contributed by atoms with van der Waals surface area (Å²) in [7, 11) is 0. The summed E-state index contributed by atoms with van der Waals surface area (Å²) in [4.78, 5) is 35.1. The Bertz CT molecular complexity index is 1420. The zero-order valence-corrected chi connectivity index (χ0v) is 39.7. The van der Waals surface area contributed by atoms with E-state index in [1.165, 1.54) is 20.8 Å². The topological polar surface area (TPSA) is 352 Å². The molecule has 3 rings (SSSR count). The molecule has 3 saturated heterocycles. The van der Waals surface area contributed by atoms with Gasteiger partial charge in [0.05, 0.1) is 45.4 Å². The van der Waals surface area contributed by atoms with Crippen LogP contribution in [-0.2, 0) is 57.0 Å². The molecular formula is C44H79N3O21. The molecule has 24 heteroatoms. The van der Waals surface area contributed by atoms with Gasteiger partial charge in [-0.3, -0.25) is 14.4 Å². The zero-order valence-electron chi connectivity index (χ0n) is 39.7. The molecule has 3 fully saturated rings. The van der Waals surface area contributed by atoms with Crippen LogP contribution in [0.5, 0.6) is 0 Å². The highest BCUT2D eigenvalue weighted by Crippen LogP contribution is 2.25. The van der Waals surface area contributed by atoms with Crippen molar-refractivity contribution in [3.05, 3.63) is 11.3 Å². The molecular weight excluding hydrogens is 906 g/mol. The Morgan fingerprint density at radius 3 is 1.01 bits per heavy atom. The summed E-state index contributed by atoms with van der Waals surface area (Å²) in [6.07, 6.45) is -8.90. The van der Waals surface area contributed by atoms with E-state index in [4.69, 9.17) is 42.6 Å². The molecule has 0 aliphatic carbocycles. The molecule has 24 nitrogen and oxygen atoms in total.